The first-order chi connectivity index (χ1) is 15.5. The number of halogens is 1. The third-order valence-corrected chi connectivity index (χ3v) is 5.17. The Bertz CT molecular complexity index is 1070. The first-order valence-corrected chi connectivity index (χ1v) is 10.4. The number of ether oxygens (including phenoxy) is 4. The molecule has 0 aliphatic carbocycles. The second kappa shape index (κ2) is 9.84. The molecule has 2 aliphatic heterocycles. The standard InChI is InChI=1S/C23H21ClN2O6/c1-29-20-13-15(2-7-19(20)31-14-21(27)26-8-10-30-11-9-26)12-18-23(28)32-22(25-18)16-3-5-17(24)6-4-16/h2-7,12-13H,8-11,14H2,1H3/b18-12+. The summed E-state index contributed by atoms with van der Waals surface area (Å²) in [6, 6.07) is 12.0. The Kier molecular flexibility index (Phi) is 6.72. The number of benzene rings is 2. The lowest BCUT2D eigenvalue weighted by Crippen LogP contribution is -2.43. The van der Waals surface area contributed by atoms with Crippen LogP contribution in [0.4, 0.5) is 0 Å². The number of aliphatic imine (C=N–C) groups is 1. The van der Waals surface area contributed by atoms with Crippen LogP contribution in [-0.4, -0.2) is 62.7 Å². The maximum absolute atomic E-state index is 12.3. The average Bonchev–Trinajstić information content (AvgIpc) is 3.18. The normalized spacial score (nSPS) is 17.2. The Balaban J connectivity index is 1.47. The lowest BCUT2D eigenvalue weighted by molar-refractivity contribution is -0.137. The molecule has 1 saturated heterocycles. The van der Waals surface area contributed by atoms with Gasteiger partial charge >= 0.3 is 5.97 Å². The van der Waals surface area contributed by atoms with Crippen molar-refractivity contribution in [1.82, 2.24) is 4.90 Å². The van der Waals surface area contributed by atoms with E-state index in [4.69, 9.17) is 30.5 Å². The number of morpholine rings is 1. The van der Waals surface area contributed by atoms with Crippen LogP contribution in [0.1, 0.15) is 11.1 Å². The van der Waals surface area contributed by atoms with Crippen LogP contribution in [0.3, 0.4) is 0 Å². The smallest absolute Gasteiger partial charge is 0.363 e. The third-order valence-electron chi connectivity index (χ3n) is 4.92. The molecular formula is C23H21ClN2O6. The summed E-state index contributed by atoms with van der Waals surface area (Å²) in [5, 5.41) is 0.579. The van der Waals surface area contributed by atoms with E-state index in [9.17, 15) is 9.59 Å². The van der Waals surface area contributed by atoms with E-state index in [0.29, 0.717) is 54.0 Å². The van der Waals surface area contributed by atoms with Crippen molar-refractivity contribution in [3.05, 3.63) is 64.3 Å². The van der Waals surface area contributed by atoms with Gasteiger partial charge in [0.1, 0.15) is 0 Å². The van der Waals surface area contributed by atoms with Crippen molar-refractivity contribution in [2.45, 2.75) is 0 Å². The SMILES string of the molecule is COc1cc(/C=C2/N=C(c3ccc(Cl)cc3)OC2=O)ccc1OCC(=O)N1CCOCC1. The molecule has 2 aromatic rings. The van der Waals surface area contributed by atoms with Gasteiger partial charge in [0.05, 0.1) is 20.3 Å². The van der Waals surface area contributed by atoms with E-state index in [0.717, 1.165) is 0 Å². The number of cyclic esters (lactones) is 1. The van der Waals surface area contributed by atoms with Crippen LogP contribution in [-0.2, 0) is 19.1 Å². The summed E-state index contributed by atoms with van der Waals surface area (Å²) < 4.78 is 21.6. The van der Waals surface area contributed by atoms with Gasteiger partial charge in [-0.05, 0) is 48.0 Å². The molecule has 8 nitrogen and oxygen atoms in total. The van der Waals surface area contributed by atoms with Crippen LogP contribution in [0.25, 0.3) is 6.08 Å². The van der Waals surface area contributed by atoms with Gasteiger partial charge in [-0.3, -0.25) is 4.79 Å². The first kappa shape index (κ1) is 21.9. The van der Waals surface area contributed by atoms with E-state index in [2.05, 4.69) is 4.99 Å². The molecule has 1 fully saturated rings. The number of amides is 1. The van der Waals surface area contributed by atoms with Crippen molar-refractivity contribution in [2.75, 3.05) is 40.0 Å². The lowest BCUT2D eigenvalue weighted by atomic mass is 10.1. The second-order valence-electron chi connectivity index (χ2n) is 7.04. The molecule has 2 aliphatic rings. The molecule has 166 valence electrons. The van der Waals surface area contributed by atoms with Crippen LogP contribution in [0.15, 0.2) is 53.2 Å². The van der Waals surface area contributed by atoms with Gasteiger partial charge in [0.25, 0.3) is 5.91 Å². The van der Waals surface area contributed by atoms with E-state index in [-0.39, 0.29) is 24.1 Å². The molecule has 0 atom stereocenters. The van der Waals surface area contributed by atoms with E-state index < -0.39 is 5.97 Å². The first-order valence-electron chi connectivity index (χ1n) is 9.98. The van der Waals surface area contributed by atoms with E-state index in [1.807, 2.05) is 0 Å². The maximum Gasteiger partial charge on any atom is 0.363 e. The summed E-state index contributed by atoms with van der Waals surface area (Å²) in [7, 11) is 1.50. The molecule has 9 heteroatoms. The Labute approximate surface area is 190 Å². The number of carbonyl (C=O) groups excluding carboxylic acids is 2. The molecule has 0 spiro atoms. The summed E-state index contributed by atoms with van der Waals surface area (Å²) in [4.78, 5) is 30.5. The quantitative estimate of drug-likeness (QED) is 0.490. The highest BCUT2D eigenvalue weighted by atomic mass is 35.5. The average molecular weight is 457 g/mol. The predicted molar refractivity (Wildman–Crippen MR) is 118 cm³/mol. The number of rotatable bonds is 6. The van der Waals surface area contributed by atoms with Crippen LogP contribution < -0.4 is 9.47 Å². The molecule has 0 N–H and O–H groups in total. The van der Waals surface area contributed by atoms with Crippen molar-refractivity contribution in [2.24, 2.45) is 4.99 Å². The van der Waals surface area contributed by atoms with Gasteiger partial charge in [-0.15, -0.1) is 0 Å². The Morgan fingerprint density at radius 3 is 2.62 bits per heavy atom. The molecule has 2 heterocycles. The molecule has 32 heavy (non-hydrogen) atoms. The van der Waals surface area contributed by atoms with Crippen molar-refractivity contribution in [1.29, 1.82) is 0 Å². The van der Waals surface area contributed by atoms with Gasteiger partial charge in [0.15, 0.2) is 23.8 Å². The summed E-state index contributed by atoms with van der Waals surface area (Å²) in [6.07, 6.45) is 1.59. The Morgan fingerprint density at radius 2 is 1.91 bits per heavy atom. The Morgan fingerprint density at radius 1 is 1.16 bits per heavy atom. The van der Waals surface area contributed by atoms with Crippen LogP contribution in [0.2, 0.25) is 5.02 Å². The molecule has 2 aromatic carbocycles. The summed E-state index contributed by atoms with van der Waals surface area (Å²) in [5.41, 5.74) is 1.48. The van der Waals surface area contributed by atoms with Crippen molar-refractivity contribution in [3.63, 3.8) is 0 Å². The highest BCUT2D eigenvalue weighted by molar-refractivity contribution is 6.30. The van der Waals surface area contributed by atoms with Crippen LogP contribution in [0.5, 0.6) is 11.5 Å². The zero-order valence-electron chi connectivity index (χ0n) is 17.4. The molecule has 0 unspecified atom stereocenters. The number of nitrogens with zero attached hydrogens (tertiary/aromatic N) is 2. The minimum Gasteiger partial charge on any atom is -0.493 e. The van der Waals surface area contributed by atoms with E-state index in [1.54, 1.807) is 53.4 Å². The monoisotopic (exact) mass is 456 g/mol. The molecule has 0 bridgehead atoms. The van der Waals surface area contributed by atoms with Gasteiger partial charge in [-0.1, -0.05) is 17.7 Å². The van der Waals surface area contributed by atoms with Gasteiger partial charge in [0.2, 0.25) is 5.90 Å². The van der Waals surface area contributed by atoms with Crippen molar-refractivity contribution < 1.29 is 28.5 Å². The fraction of sp³-hybridized carbons (Fsp3) is 0.261. The largest absolute Gasteiger partial charge is 0.493 e. The van der Waals surface area contributed by atoms with Gasteiger partial charge in [0, 0.05) is 23.7 Å². The molecular weight excluding hydrogens is 436 g/mol. The number of carbonyl (C=O) groups is 2. The minimum atomic E-state index is -0.551. The third kappa shape index (κ3) is 5.09. The molecule has 1 amide bonds. The van der Waals surface area contributed by atoms with E-state index >= 15 is 0 Å². The highest BCUT2D eigenvalue weighted by Gasteiger charge is 2.24. The maximum atomic E-state index is 12.3. The zero-order valence-corrected chi connectivity index (χ0v) is 18.1. The molecule has 0 aromatic heterocycles. The van der Waals surface area contributed by atoms with Crippen LogP contribution >= 0.6 is 11.6 Å². The summed E-state index contributed by atoms with van der Waals surface area (Å²) in [6.45, 7) is 2.07. The number of methoxy groups -OCH3 is 1. The van der Waals surface area contributed by atoms with E-state index in [1.165, 1.54) is 7.11 Å². The van der Waals surface area contributed by atoms with Crippen molar-refractivity contribution >= 4 is 35.5 Å². The minimum absolute atomic E-state index is 0.0993. The summed E-state index contributed by atoms with van der Waals surface area (Å²) >= 11 is 5.90. The molecule has 0 saturated carbocycles. The Hall–Kier alpha value is -3.36. The second-order valence-corrected chi connectivity index (χ2v) is 7.47. The summed E-state index contributed by atoms with van der Waals surface area (Å²) in [5.74, 6) is 0.411. The van der Waals surface area contributed by atoms with Gasteiger partial charge in [-0.25, -0.2) is 9.79 Å². The molecule has 0 radical (unpaired) electrons. The number of hydrogen-bond donors (Lipinski definition) is 0. The lowest BCUT2D eigenvalue weighted by Gasteiger charge is -2.26. The predicted octanol–water partition coefficient (Wildman–Crippen LogP) is 2.93. The highest BCUT2D eigenvalue weighted by Crippen LogP contribution is 2.30. The zero-order chi connectivity index (χ0) is 22.5. The number of esters is 1. The van der Waals surface area contributed by atoms with Crippen molar-refractivity contribution in [3.8, 4) is 11.5 Å². The molecule has 4 rings (SSSR count). The van der Waals surface area contributed by atoms with Crippen LogP contribution in [0, 0.1) is 0 Å². The topological polar surface area (TPSA) is 86.7 Å². The van der Waals surface area contributed by atoms with Gasteiger partial charge in [-0.2, -0.15) is 0 Å². The fourth-order valence-corrected chi connectivity index (χ4v) is 3.35. The van der Waals surface area contributed by atoms with Gasteiger partial charge < -0.3 is 23.8 Å². The fourth-order valence-electron chi connectivity index (χ4n) is 3.22. The number of hydrogen-bond acceptors (Lipinski definition) is 7.